The van der Waals surface area contributed by atoms with Crippen LogP contribution in [0.25, 0.3) is 17.1 Å². The van der Waals surface area contributed by atoms with Gasteiger partial charge in [0.25, 0.3) is 0 Å². The number of pyridine rings is 1. The van der Waals surface area contributed by atoms with Crippen molar-refractivity contribution in [2.45, 2.75) is 39.0 Å². The molecular weight excluding hydrogens is 522 g/mol. The minimum atomic E-state index is -4.12. The summed E-state index contributed by atoms with van der Waals surface area (Å²) in [7, 11) is -1.09. The summed E-state index contributed by atoms with van der Waals surface area (Å²) < 4.78 is 48.7. The molecule has 0 aliphatic carbocycles. The molecule has 0 aliphatic heterocycles. The predicted octanol–water partition coefficient (Wildman–Crippen LogP) is 3.66. The van der Waals surface area contributed by atoms with Crippen molar-refractivity contribution in [2.24, 2.45) is 0 Å². The Morgan fingerprint density at radius 3 is 2.23 bits per heavy atom. The van der Waals surface area contributed by atoms with Crippen LogP contribution in [-0.2, 0) is 14.8 Å². The van der Waals surface area contributed by atoms with Crippen LogP contribution in [0, 0.1) is 13.8 Å². The second-order valence-electron chi connectivity index (χ2n) is 8.79. The van der Waals surface area contributed by atoms with Gasteiger partial charge in [0.2, 0.25) is 16.0 Å². The Bertz CT molecular complexity index is 1520. The summed E-state index contributed by atoms with van der Waals surface area (Å²) in [5, 5.41) is 7.46. The predicted molar refractivity (Wildman–Crippen MR) is 146 cm³/mol. The van der Waals surface area contributed by atoms with Gasteiger partial charge in [0, 0.05) is 37.0 Å². The fraction of sp³-hybridized carbons (Fsp3) is 0.346. The van der Waals surface area contributed by atoms with Crippen molar-refractivity contribution < 1.29 is 22.6 Å². The SMILES string of the molecule is CCO[C@H](c1ncc(C)cn1)[C@@H](C)S(=O)(=O)Nc1nnc(-c2cncc(C)c2)n1-c1c(OC)cccc1OC. The van der Waals surface area contributed by atoms with Gasteiger partial charge in [0.15, 0.2) is 11.6 Å². The topological polar surface area (TPSA) is 143 Å². The maximum absolute atomic E-state index is 13.7. The molecule has 4 aromatic rings. The van der Waals surface area contributed by atoms with E-state index in [1.165, 1.54) is 25.7 Å². The molecule has 0 fully saturated rings. The largest absolute Gasteiger partial charge is 0.494 e. The summed E-state index contributed by atoms with van der Waals surface area (Å²) in [6, 6.07) is 7.10. The lowest BCUT2D eigenvalue weighted by molar-refractivity contribution is 0.0557. The molecule has 12 nitrogen and oxygen atoms in total. The van der Waals surface area contributed by atoms with Crippen LogP contribution in [-0.4, -0.2) is 64.2 Å². The van der Waals surface area contributed by atoms with E-state index >= 15 is 0 Å². The highest BCUT2D eigenvalue weighted by Crippen LogP contribution is 2.38. The highest BCUT2D eigenvalue weighted by molar-refractivity contribution is 7.93. The van der Waals surface area contributed by atoms with Crippen LogP contribution in [0.3, 0.4) is 0 Å². The Balaban J connectivity index is 1.84. The summed E-state index contributed by atoms with van der Waals surface area (Å²) in [6.45, 7) is 7.32. The summed E-state index contributed by atoms with van der Waals surface area (Å²) >= 11 is 0. The lowest BCUT2D eigenvalue weighted by atomic mass is 10.2. The van der Waals surface area contributed by atoms with E-state index in [9.17, 15) is 8.42 Å². The van der Waals surface area contributed by atoms with E-state index in [4.69, 9.17) is 14.2 Å². The number of hydrogen-bond donors (Lipinski definition) is 1. The van der Waals surface area contributed by atoms with Gasteiger partial charge in [-0.25, -0.2) is 18.4 Å². The number of aromatic nitrogens is 6. The number of benzene rings is 1. The number of rotatable bonds is 11. The Hall–Kier alpha value is -4.10. The van der Waals surface area contributed by atoms with Crippen LogP contribution in [0.1, 0.15) is 36.9 Å². The average molecular weight is 554 g/mol. The highest BCUT2D eigenvalue weighted by Gasteiger charge is 2.35. The number of hydrogen-bond acceptors (Lipinski definition) is 10. The van der Waals surface area contributed by atoms with Crippen LogP contribution < -0.4 is 14.2 Å². The van der Waals surface area contributed by atoms with Gasteiger partial charge in [-0.05, 0) is 57.0 Å². The lowest BCUT2D eigenvalue weighted by Crippen LogP contribution is -2.34. The van der Waals surface area contributed by atoms with E-state index in [0.29, 0.717) is 28.6 Å². The lowest BCUT2D eigenvalue weighted by Gasteiger charge is -2.23. The average Bonchev–Trinajstić information content (AvgIpc) is 3.33. The first kappa shape index (κ1) is 27.9. The van der Waals surface area contributed by atoms with E-state index in [2.05, 4.69) is 29.9 Å². The third-order valence-corrected chi connectivity index (χ3v) is 7.67. The minimum absolute atomic E-state index is 0.0683. The number of para-hydroxylation sites is 1. The van der Waals surface area contributed by atoms with Crippen molar-refractivity contribution in [3.63, 3.8) is 0 Å². The minimum Gasteiger partial charge on any atom is -0.494 e. The van der Waals surface area contributed by atoms with Crippen LogP contribution in [0.2, 0.25) is 0 Å². The van der Waals surface area contributed by atoms with E-state index in [1.807, 2.05) is 19.9 Å². The number of nitrogens with one attached hydrogen (secondary N) is 1. The molecule has 0 amide bonds. The van der Waals surface area contributed by atoms with Crippen LogP contribution >= 0.6 is 0 Å². The molecule has 4 rings (SSSR count). The molecule has 0 radical (unpaired) electrons. The molecule has 206 valence electrons. The molecular formula is C26H31N7O5S. The number of sulfonamides is 1. The van der Waals surface area contributed by atoms with Crippen molar-refractivity contribution in [3.8, 4) is 28.6 Å². The standard InChI is InChI=1S/C26H31N7O5S/c1-7-38-23(24-28-13-17(3)14-29-24)18(4)39(34,35)32-26-31-30-25(19-11-16(2)12-27-15-19)33(26)22-20(36-5)9-8-10-21(22)37-6/h8-15,18,23H,7H2,1-6H3,(H,31,32)/t18-,23+/m1/s1. The molecule has 13 heteroatoms. The zero-order chi connectivity index (χ0) is 28.2. The zero-order valence-corrected chi connectivity index (χ0v) is 23.4. The molecule has 1 aromatic carbocycles. The van der Waals surface area contributed by atoms with Crippen molar-refractivity contribution in [3.05, 3.63) is 66.0 Å². The van der Waals surface area contributed by atoms with Gasteiger partial charge in [0.05, 0.1) is 14.2 Å². The van der Waals surface area contributed by atoms with Crippen LogP contribution in [0.15, 0.2) is 49.1 Å². The molecule has 0 spiro atoms. The first-order chi connectivity index (χ1) is 18.7. The molecule has 3 heterocycles. The molecule has 1 N–H and O–H groups in total. The fourth-order valence-corrected chi connectivity index (χ4v) is 5.11. The van der Waals surface area contributed by atoms with E-state index in [0.717, 1.165) is 11.1 Å². The van der Waals surface area contributed by atoms with Gasteiger partial charge >= 0.3 is 0 Å². The Morgan fingerprint density at radius 2 is 1.64 bits per heavy atom. The maximum Gasteiger partial charge on any atom is 0.243 e. The van der Waals surface area contributed by atoms with Gasteiger partial charge in [-0.2, -0.15) is 0 Å². The summed E-state index contributed by atoms with van der Waals surface area (Å²) in [6.07, 6.45) is 5.64. The summed E-state index contributed by atoms with van der Waals surface area (Å²) in [5.74, 6) is 1.37. The number of anilines is 1. The summed E-state index contributed by atoms with van der Waals surface area (Å²) in [4.78, 5) is 12.9. The molecule has 0 aliphatic rings. The van der Waals surface area contributed by atoms with Crippen molar-refractivity contribution >= 4 is 16.0 Å². The van der Waals surface area contributed by atoms with Crippen LogP contribution in [0.4, 0.5) is 5.95 Å². The van der Waals surface area contributed by atoms with Gasteiger partial charge < -0.3 is 14.2 Å². The van der Waals surface area contributed by atoms with Gasteiger partial charge in [-0.1, -0.05) is 6.07 Å². The van der Waals surface area contributed by atoms with E-state index in [-0.39, 0.29) is 18.4 Å². The van der Waals surface area contributed by atoms with E-state index in [1.54, 1.807) is 49.9 Å². The Morgan fingerprint density at radius 1 is 0.974 bits per heavy atom. The zero-order valence-electron chi connectivity index (χ0n) is 22.6. The van der Waals surface area contributed by atoms with Crippen molar-refractivity contribution in [1.29, 1.82) is 0 Å². The molecule has 0 bridgehead atoms. The molecule has 2 atom stereocenters. The Kier molecular flexibility index (Phi) is 8.41. The van der Waals surface area contributed by atoms with Gasteiger partial charge in [-0.15, -0.1) is 10.2 Å². The fourth-order valence-electron chi connectivity index (χ4n) is 4.01. The smallest absolute Gasteiger partial charge is 0.243 e. The van der Waals surface area contributed by atoms with Gasteiger partial charge in [0.1, 0.15) is 28.5 Å². The quantitative estimate of drug-likeness (QED) is 0.292. The monoisotopic (exact) mass is 553 g/mol. The Labute approximate surface area is 227 Å². The normalized spacial score (nSPS) is 13.1. The van der Waals surface area contributed by atoms with Crippen molar-refractivity contribution in [2.75, 3.05) is 25.5 Å². The number of methoxy groups -OCH3 is 2. The maximum atomic E-state index is 13.7. The summed E-state index contributed by atoms with van der Waals surface area (Å²) in [5.41, 5.74) is 2.77. The number of aryl methyl sites for hydroxylation is 2. The van der Waals surface area contributed by atoms with E-state index < -0.39 is 21.4 Å². The first-order valence-electron chi connectivity index (χ1n) is 12.2. The van der Waals surface area contributed by atoms with Crippen LogP contribution in [0.5, 0.6) is 11.5 Å². The number of nitrogens with zero attached hydrogens (tertiary/aromatic N) is 6. The molecule has 0 saturated carbocycles. The second-order valence-corrected chi connectivity index (χ2v) is 10.8. The van der Waals surface area contributed by atoms with Crippen molar-refractivity contribution in [1.82, 2.24) is 29.7 Å². The molecule has 0 saturated heterocycles. The molecule has 0 unspecified atom stereocenters. The third-order valence-electron chi connectivity index (χ3n) is 5.97. The van der Waals surface area contributed by atoms with Gasteiger partial charge in [-0.3, -0.25) is 14.3 Å². The highest BCUT2D eigenvalue weighted by atomic mass is 32.2. The molecule has 39 heavy (non-hydrogen) atoms. The first-order valence-corrected chi connectivity index (χ1v) is 13.7. The number of ether oxygens (including phenoxy) is 3. The molecule has 3 aromatic heterocycles. The third kappa shape index (κ3) is 5.83. The second kappa shape index (κ2) is 11.7.